The number of aryl methyl sites for hydroxylation is 1. The second kappa shape index (κ2) is 8.05. The summed E-state index contributed by atoms with van der Waals surface area (Å²) in [6, 6.07) is 9.56. The van der Waals surface area contributed by atoms with E-state index < -0.39 is 11.8 Å². The molecule has 0 atom stereocenters. The summed E-state index contributed by atoms with van der Waals surface area (Å²) >= 11 is 6.72. The Morgan fingerprint density at radius 1 is 1.11 bits per heavy atom. The minimum atomic E-state index is -0.392. The Balaban J connectivity index is 2.20. The van der Waals surface area contributed by atoms with Gasteiger partial charge in [0, 0.05) is 28.4 Å². The third kappa shape index (κ3) is 3.26. The lowest BCUT2D eigenvalue weighted by Crippen LogP contribution is -2.55. The van der Waals surface area contributed by atoms with Crippen LogP contribution in [0.5, 0.6) is 0 Å². The summed E-state index contributed by atoms with van der Waals surface area (Å²) in [5.74, 6) is -0.784. The Bertz CT molecular complexity index is 1000. The average molecular weight is 410 g/mol. The fraction of sp³-hybridized carbons (Fsp3) is 0.238. The fourth-order valence-corrected chi connectivity index (χ4v) is 4.68. The second-order valence-electron chi connectivity index (χ2n) is 6.16. The first-order valence-electron chi connectivity index (χ1n) is 8.90. The number of nitrogens with zero attached hydrogens (tertiary/aromatic N) is 3. The van der Waals surface area contributed by atoms with Gasteiger partial charge in [-0.15, -0.1) is 0 Å². The molecule has 2 aromatic rings. The highest BCUT2D eigenvalue weighted by Gasteiger charge is 2.38. The Hall–Kier alpha value is -2.82. The molecule has 1 aliphatic heterocycles. The van der Waals surface area contributed by atoms with Crippen LogP contribution in [0.2, 0.25) is 0 Å². The van der Waals surface area contributed by atoms with Gasteiger partial charge in [-0.25, -0.2) is 4.85 Å². The van der Waals surface area contributed by atoms with Gasteiger partial charge in [0.2, 0.25) is 5.69 Å². The minimum Gasteiger partial charge on any atom is -0.285 e. The smallest absolute Gasteiger partial charge is 0.265 e. The van der Waals surface area contributed by atoms with E-state index in [0.29, 0.717) is 18.8 Å². The quantitative estimate of drug-likeness (QED) is 0.319. The minimum absolute atomic E-state index is 0.0762. The number of amides is 2. The molecule has 0 radical (unpaired) electrons. The molecule has 3 rings (SSSR count). The number of benzene rings is 1. The van der Waals surface area contributed by atoms with Gasteiger partial charge in [-0.1, -0.05) is 30.3 Å². The van der Waals surface area contributed by atoms with Crippen molar-refractivity contribution in [1.82, 2.24) is 9.80 Å². The van der Waals surface area contributed by atoms with Gasteiger partial charge in [0.15, 0.2) is 5.11 Å². The van der Waals surface area contributed by atoms with Crippen molar-refractivity contribution in [1.29, 1.82) is 0 Å². The number of thiophene rings is 1. The number of hydrogen-bond donors (Lipinski definition) is 0. The summed E-state index contributed by atoms with van der Waals surface area (Å²) in [6.07, 6.45) is 1.62. The van der Waals surface area contributed by atoms with Crippen LogP contribution >= 0.6 is 23.6 Å². The van der Waals surface area contributed by atoms with Crippen molar-refractivity contribution < 1.29 is 9.59 Å². The second-order valence-corrected chi connectivity index (χ2v) is 7.78. The van der Waals surface area contributed by atoms with Crippen LogP contribution in [0.25, 0.3) is 22.0 Å². The number of hydrogen-bond acceptors (Lipinski definition) is 4. The maximum absolute atomic E-state index is 12.9. The monoisotopic (exact) mass is 409 g/mol. The molecule has 0 unspecified atom stereocenters. The first-order valence-corrected chi connectivity index (χ1v) is 10.1. The van der Waals surface area contributed by atoms with Gasteiger partial charge in [-0.2, -0.15) is 11.3 Å². The molecule has 142 valence electrons. The summed E-state index contributed by atoms with van der Waals surface area (Å²) < 4.78 is 0. The molecule has 0 saturated carbocycles. The van der Waals surface area contributed by atoms with Gasteiger partial charge < -0.3 is 0 Å². The van der Waals surface area contributed by atoms with Gasteiger partial charge in [-0.3, -0.25) is 19.4 Å². The number of carbonyl (C=O) groups is 2. The number of likely N-dealkylation sites (N-methyl/N-ethyl adjacent to an activating group) is 2. The summed E-state index contributed by atoms with van der Waals surface area (Å²) in [5, 5.41) is 0.240. The van der Waals surface area contributed by atoms with Crippen molar-refractivity contribution in [3.05, 3.63) is 57.1 Å². The molecule has 2 heterocycles. The zero-order valence-corrected chi connectivity index (χ0v) is 17.5. The van der Waals surface area contributed by atoms with E-state index in [4.69, 9.17) is 18.8 Å². The van der Waals surface area contributed by atoms with Gasteiger partial charge in [0.05, 0.1) is 6.57 Å². The van der Waals surface area contributed by atoms with Crippen molar-refractivity contribution in [3.8, 4) is 11.1 Å². The van der Waals surface area contributed by atoms with E-state index in [1.54, 1.807) is 6.08 Å². The summed E-state index contributed by atoms with van der Waals surface area (Å²) in [5.41, 5.74) is 2.27. The molecule has 7 heteroatoms. The molecule has 1 saturated heterocycles. The first kappa shape index (κ1) is 19.9. The van der Waals surface area contributed by atoms with Crippen LogP contribution < -0.4 is 0 Å². The molecule has 5 nitrogen and oxygen atoms in total. The topological polar surface area (TPSA) is 45.0 Å². The highest BCUT2D eigenvalue weighted by atomic mass is 32.1. The first-order chi connectivity index (χ1) is 13.4. The lowest BCUT2D eigenvalue weighted by Gasteiger charge is -2.35. The number of carbonyl (C=O) groups excluding carboxylic acids is 2. The Labute approximate surface area is 173 Å². The van der Waals surface area contributed by atoms with E-state index in [2.05, 4.69) is 4.85 Å². The molecule has 0 N–H and O–H groups in total. The van der Waals surface area contributed by atoms with E-state index in [1.165, 1.54) is 21.1 Å². The third-order valence-electron chi connectivity index (χ3n) is 4.57. The van der Waals surface area contributed by atoms with E-state index in [9.17, 15) is 9.59 Å². The molecule has 0 aliphatic carbocycles. The van der Waals surface area contributed by atoms with Crippen molar-refractivity contribution >= 4 is 52.2 Å². The predicted molar refractivity (Wildman–Crippen MR) is 116 cm³/mol. The lowest BCUT2D eigenvalue weighted by molar-refractivity contribution is -0.133. The molecule has 0 bridgehead atoms. The molecular formula is C21H19N3O2S2. The summed E-state index contributed by atoms with van der Waals surface area (Å²) in [7, 11) is 0. The van der Waals surface area contributed by atoms with Crippen LogP contribution in [0.3, 0.4) is 0 Å². The van der Waals surface area contributed by atoms with Crippen molar-refractivity contribution in [2.24, 2.45) is 0 Å². The SMILES string of the molecule is [C-]#[N+]c1c(C)sc(C=C2C(=O)N(CC)C(=S)N(CC)C2=O)c1-c1ccccc1. The van der Waals surface area contributed by atoms with E-state index >= 15 is 0 Å². The predicted octanol–water partition coefficient (Wildman–Crippen LogP) is 4.65. The zero-order chi connectivity index (χ0) is 20.4. The molecule has 2 amide bonds. The molecule has 1 fully saturated rings. The lowest BCUT2D eigenvalue weighted by atomic mass is 10.0. The largest absolute Gasteiger partial charge is 0.285 e. The molecule has 1 aromatic heterocycles. The van der Waals surface area contributed by atoms with Crippen molar-refractivity contribution in [2.75, 3.05) is 13.1 Å². The fourth-order valence-electron chi connectivity index (χ4n) is 3.19. The Morgan fingerprint density at radius 3 is 2.18 bits per heavy atom. The van der Waals surface area contributed by atoms with E-state index in [1.807, 2.05) is 51.1 Å². The van der Waals surface area contributed by atoms with Crippen LogP contribution in [-0.4, -0.2) is 39.8 Å². The van der Waals surface area contributed by atoms with Crippen molar-refractivity contribution in [2.45, 2.75) is 20.8 Å². The average Bonchev–Trinajstić information content (AvgIpc) is 3.01. The molecule has 1 aliphatic rings. The zero-order valence-electron chi connectivity index (χ0n) is 15.9. The van der Waals surface area contributed by atoms with E-state index in [-0.39, 0.29) is 10.7 Å². The van der Waals surface area contributed by atoms with Crippen molar-refractivity contribution in [3.63, 3.8) is 0 Å². The standard InChI is InChI=1S/C21H19N3O2S2/c1-5-23-19(25)15(20(26)24(6-2)21(23)27)12-16-17(14-10-8-7-9-11-14)18(22-4)13(3)28-16/h7-12H,5-6H2,1-3H3. The third-order valence-corrected chi connectivity index (χ3v) is 6.06. The molecule has 28 heavy (non-hydrogen) atoms. The normalized spacial score (nSPS) is 14.5. The molecular weight excluding hydrogens is 390 g/mol. The highest BCUT2D eigenvalue weighted by Crippen LogP contribution is 2.43. The van der Waals surface area contributed by atoms with Crippen LogP contribution in [0, 0.1) is 13.5 Å². The van der Waals surface area contributed by atoms with Crippen LogP contribution in [-0.2, 0) is 9.59 Å². The van der Waals surface area contributed by atoms with Gasteiger partial charge in [0.25, 0.3) is 11.8 Å². The highest BCUT2D eigenvalue weighted by molar-refractivity contribution is 7.80. The number of rotatable bonds is 4. The van der Waals surface area contributed by atoms with E-state index in [0.717, 1.165) is 20.9 Å². The van der Waals surface area contributed by atoms with Crippen LogP contribution in [0.1, 0.15) is 23.6 Å². The van der Waals surface area contributed by atoms with Gasteiger partial charge in [-0.05, 0) is 44.6 Å². The maximum Gasteiger partial charge on any atom is 0.265 e. The number of thiocarbonyl (C=S) groups is 1. The molecule has 0 spiro atoms. The summed E-state index contributed by atoms with van der Waals surface area (Å²) in [6.45, 7) is 13.9. The van der Waals surface area contributed by atoms with Gasteiger partial charge >= 0.3 is 0 Å². The molecule has 1 aromatic carbocycles. The van der Waals surface area contributed by atoms with Crippen LogP contribution in [0.15, 0.2) is 35.9 Å². The van der Waals surface area contributed by atoms with Crippen LogP contribution in [0.4, 0.5) is 5.69 Å². The Kier molecular flexibility index (Phi) is 5.73. The summed E-state index contributed by atoms with van der Waals surface area (Å²) in [4.78, 5) is 34.0. The maximum atomic E-state index is 12.9. The Morgan fingerprint density at radius 2 is 1.68 bits per heavy atom. The van der Waals surface area contributed by atoms with Gasteiger partial charge in [0.1, 0.15) is 5.57 Å².